The van der Waals surface area contributed by atoms with Crippen LogP contribution in [0.5, 0.6) is 5.75 Å². The molecule has 1 aromatic carbocycles. The van der Waals surface area contributed by atoms with Crippen molar-refractivity contribution in [2.75, 3.05) is 20.2 Å². The van der Waals surface area contributed by atoms with Crippen molar-refractivity contribution in [3.8, 4) is 5.75 Å². The lowest BCUT2D eigenvalue weighted by molar-refractivity contribution is -0.133. The van der Waals surface area contributed by atoms with E-state index in [9.17, 15) is 14.3 Å². The van der Waals surface area contributed by atoms with Gasteiger partial charge in [0.25, 0.3) is 0 Å². The molecule has 1 atom stereocenters. The van der Waals surface area contributed by atoms with Gasteiger partial charge in [-0.25, -0.2) is 4.39 Å². The number of hydrogen-bond acceptors (Lipinski definition) is 4. The third kappa shape index (κ3) is 4.24. The minimum absolute atomic E-state index is 0.00704. The molecule has 0 bridgehead atoms. The molecule has 2 fully saturated rings. The number of carbonyl (C=O) groups is 1. The van der Waals surface area contributed by atoms with Crippen molar-refractivity contribution in [3.63, 3.8) is 0 Å². The number of aliphatic hydroxyl groups excluding tert-OH is 1. The number of carbonyl (C=O) groups excluding carboxylic acids is 1. The van der Waals surface area contributed by atoms with E-state index < -0.39 is 6.10 Å². The normalized spacial score (nSPS) is 20.6. The maximum atomic E-state index is 13.7. The summed E-state index contributed by atoms with van der Waals surface area (Å²) in [6.07, 6.45) is 2.69. The van der Waals surface area contributed by atoms with Crippen LogP contribution >= 0.6 is 0 Å². The van der Waals surface area contributed by atoms with E-state index in [0.29, 0.717) is 6.54 Å². The second kappa shape index (κ2) is 7.49. The molecule has 0 unspecified atom stereocenters. The van der Waals surface area contributed by atoms with Gasteiger partial charge in [0.05, 0.1) is 7.11 Å². The summed E-state index contributed by atoms with van der Waals surface area (Å²) in [7, 11) is 1.45. The number of likely N-dealkylation sites (tertiary alicyclic amines) is 1. The molecule has 5 nitrogen and oxygen atoms in total. The number of piperidine rings is 1. The highest BCUT2D eigenvalue weighted by atomic mass is 19.1. The summed E-state index contributed by atoms with van der Waals surface area (Å²) in [6, 6.07) is 5.29. The van der Waals surface area contributed by atoms with Crippen LogP contribution in [0, 0.1) is 11.7 Å². The molecule has 1 saturated heterocycles. The van der Waals surface area contributed by atoms with Crippen LogP contribution in [0.15, 0.2) is 18.2 Å². The van der Waals surface area contributed by atoms with Crippen molar-refractivity contribution < 1.29 is 19.0 Å². The fourth-order valence-corrected chi connectivity index (χ4v) is 3.22. The number of benzene rings is 1. The molecule has 1 saturated carbocycles. The Morgan fingerprint density at radius 3 is 2.67 bits per heavy atom. The smallest absolute Gasteiger partial charge is 0.249 e. The van der Waals surface area contributed by atoms with Crippen LogP contribution in [0.25, 0.3) is 0 Å². The van der Waals surface area contributed by atoms with Crippen LogP contribution in [-0.4, -0.2) is 48.3 Å². The molecule has 2 aliphatic rings. The predicted octanol–water partition coefficient (Wildman–Crippen LogP) is 1.69. The Morgan fingerprint density at radius 1 is 1.38 bits per heavy atom. The molecule has 0 spiro atoms. The number of nitrogens with one attached hydrogen (secondary N) is 1. The largest absolute Gasteiger partial charge is 0.494 e. The van der Waals surface area contributed by atoms with Gasteiger partial charge in [-0.05, 0) is 62.4 Å². The molecule has 2 N–H and O–H groups in total. The van der Waals surface area contributed by atoms with Crippen LogP contribution in [0.4, 0.5) is 4.39 Å². The van der Waals surface area contributed by atoms with E-state index in [1.807, 2.05) is 6.07 Å². The topological polar surface area (TPSA) is 61.8 Å². The lowest BCUT2D eigenvalue weighted by atomic mass is 9.90. The zero-order valence-corrected chi connectivity index (χ0v) is 14.0. The molecule has 3 rings (SSSR count). The van der Waals surface area contributed by atoms with E-state index in [1.165, 1.54) is 13.2 Å². The second-order valence-electron chi connectivity index (χ2n) is 6.81. The standard InChI is InChI=1S/C18H25FN2O3/c1-24-16-5-2-12(10-15(16)19)11-21-8-6-13(7-9-21)17(22)18(23)20-14-3-4-14/h2,5,10,13-14,17,22H,3-4,6-9,11H2,1H3,(H,20,23)/t17-/m0/s1. The fraction of sp³-hybridized carbons (Fsp3) is 0.611. The number of hydrogen-bond donors (Lipinski definition) is 2. The SMILES string of the molecule is COc1ccc(CN2CCC([C@H](O)C(=O)NC3CC3)CC2)cc1F. The molecular weight excluding hydrogens is 311 g/mol. The van der Waals surface area contributed by atoms with Gasteiger partial charge in [-0.3, -0.25) is 9.69 Å². The Kier molecular flexibility index (Phi) is 5.36. The molecule has 24 heavy (non-hydrogen) atoms. The number of amides is 1. The van der Waals surface area contributed by atoms with Gasteiger partial charge in [0.1, 0.15) is 6.10 Å². The summed E-state index contributed by atoms with van der Waals surface area (Å²) >= 11 is 0. The van der Waals surface area contributed by atoms with E-state index >= 15 is 0 Å². The first-order chi connectivity index (χ1) is 11.6. The first kappa shape index (κ1) is 17.2. The molecule has 1 heterocycles. The average molecular weight is 336 g/mol. The molecule has 1 aliphatic carbocycles. The minimum Gasteiger partial charge on any atom is -0.494 e. The van der Waals surface area contributed by atoms with Crippen molar-refractivity contribution in [2.24, 2.45) is 5.92 Å². The van der Waals surface area contributed by atoms with Crippen LogP contribution in [-0.2, 0) is 11.3 Å². The second-order valence-corrected chi connectivity index (χ2v) is 6.81. The highest BCUT2D eigenvalue weighted by Gasteiger charge is 2.32. The van der Waals surface area contributed by atoms with Gasteiger partial charge in [0.2, 0.25) is 5.91 Å². The average Bonchev–Trinajstić information content (AvgIpc) is 3.39. The molecule has 1 amide bonds. The summed E-state index contributed by atoms with van der Waals surface area (Å²) in [6.45, 7) is 2.26. The van der Waals surface area contributed by atoms with E-state index in [-0.39, 0.29) is 29.4 Å². The predicted molar refractivity (Wildman–Crippen MR) is 88.1 cm³/mol. The Bertz CT molecular complexity index is 584. The summed E-state index contributed by atoms with van der Waals surface area (Å²) in [5.41, 5.74) is 0.902. The van der Waals surface area contributed by atoms with Crippen molar-refractivity contribution in [1.82, 2.24) is 10.2 Å². The first-order valence-electron chi connectivity index (χ1n) is 8.60. The number of halogens is 1. The Balaban J connectivity index is 1.47. The Morgan fingerprint density at radius 2 is 2.08 bits per heavy atom. The molecule has 1 aliphatic heterocycles. The van der Waals surface area contributed by atoms with Gasteiger partial charge in [-0.1, -0.05) is 6.07 Å². The Hall–Kier alpha value is -1.66. The molecule has 0 aromatic heterocycles. The summed E-state index contributed by atoms with van der Waals surface area (Å²) in [4.78, 5) is 14.2. The van der Waals surface area contributed by atoms with E-state index in [1.54, 1.807) is 6.07 Å². The highest BCUT2D eigenvalue weighted by Crippen LogP contribution is 2.25. The van der Waals surface area contributed by atoms with E-state index in [4.69, 9.17) is 4.74 Å². The molecular formula is C18H25FN2O3. The number of methoxy groups -OCH3 is 1. The number of nitrogens with zero attached hydrogens (tertiary/aromatic N) is 1. The third-order valence-electron chi connectivity index (χ3n) is 4.89. The number of aliphatic hydroxyl groups is 1. The first-order valence-corrected chi connectivity index (χ1v) is 8.60. The monoisotopic (exact) mass is 336 g/mol. The van der Waals surface area contributed by atoms with Crippen molar-refractivity contribution in [1.29, 1.82) is 0 Å². The summed E-state index contributed by atoms with van der Waals surface area (Å²) < 4.78 is 18.7. The van der Waals surface area contributed by atoms with Crippen molar-refractivity contribution in [3.05, 3.63) is 29.6 Å². The fourth-order valence-electron chi connectivity index (χ4n) is 3.22. The lowest BCUT2D eigenvalue weighted by Crippen LogP contribution is -2.44. The molecule has 6 heteroatoms. The van der Waals surface area contributed by atoms with Gasteiger partial charge in [0, 0.05) is 12.6 Å². The van der Waals surface area contributed by atoms with Crippen LogP contribution in [0.1, 0.15) is 31.2 Å². The zero-order chi connectivity index (χ0) is 17.1. The van der Waals surface area contributed by atoms with Crippen LogP contribution in [0.2, 0.25) is 0 Å². The van der Waals surface area contributed by atoms with Gasteiger partial charge >= 0.3 is 0 Å². The molecule has 1 aromatic rings. The molecule has 0 radical (unpaired) electrons. The highest BCUT2D eigenvalue weighted by molar-refractivity contribution is 5.81. The number of ether oxygens (including phenoxy) is 1. The van der Waals surface area contributed by atoms with Gasteiger partial charge in [-0.15, -0.1) is 0 Å². The molecule has 132 valence electrons. The quantitative estimate of drug-likeness (QED) is 0.830. The van der Waals surface area contributed by atoms with Gasteiger partial charge in [0.15, 0.2) is 11.6 Å². The minimum atomic E-state index is -0.911. The number of rotatable bonds is 6. The lowest BCUT2D eigenvalue weighted by Gasteiger charge is -2.33. The van der Waals surface area contributed by atoms with Gasteiger partial charge in [-0.2, -0.15) is 0 Å². The van der Waals surface area contributed by atoms with Crippen LogP contribution < -0.4 is 10.1 Å². The zero-order valence-electron chi connectivity index (χ0n) is 14.0. The summed E-state index contributed by atoms with van der Waals surface area (Å²) in [5.74, 6) is -0.319. The third-order valence-corrected chi connectivity index (χ3v) is 4.89. The van der Waals surface area contributed by atoms with Gasteiger partial charge < -0.3 is 15.2 Å². The van der Waals surface area contributed by atoms with Crippen molar-refractivity contribution >= 4 is 5.91 Å². The van der Waals surface area contributed by atoms with E-state index in [2.05, 4.69) is 10.2 Å². The summed E-state index contributed by atoms with van der Waals surface area (Å²) in [5, 5.41) is 13.1. The maximum absolute atomic E-state index is 13.7. The van der Waals surface area contributed by atoms with Crippen molar-refractivity contribution in [2.45, 2.75) is 44.4 Å². The van der Waals surface area contributed by atoms with Crippen LogP contribution in [0.3, 0.4) is 0 Å². The van der Waals surface area contributed by atoms with E-state index in [0.717, 1.165) is 44.3 Å². The maximum Gasteiger partial charge on any atom is 0.249 e. The Labute approximate surface area is 141 Å².